The lowest BCUT2D eigenvalue weighted by atomic mass is 9.90. The second kappa shape index (κ2) is 6.97. The SMILES string of the molecule is C/C=C/c1ccc(Cn2c3c(c4ccccc42)CCN2C(=O)CCCC32)cc1. The number of para-hydroxylation sites is 1. The first-order chi connectivity index (χ1) is 13.8. The number of allylic oxidation sites excluding steroid dienone is 1. The maximum atomic E-state index is 12.5. The van der Waals surface area contributed by atoms with Crippen molar-refractivity contribution in [2.24, 2.45) is 0 Å². The van der Waals surface area contributed by atoms with Crippen LogP contribution in [0.15, 0.2) is 54.6 Å². The Kier molecular flexibility index (Phi) is 4.31. The molecule has 1 aromatic heterocycles. The van der Waals surface area contributed by atoms with Crippen molar-refractivity contribution in [2.75, 3.05) is 6.54 Å². The molecule has 2 aliphatic heterocycles. The maximum Gasteiger partial charge on any atom is 0.223 e. The zero-order chi connectivity index (χ0) is 19.1. The summed E-state index contributed by atoms with van der Waals surface area (Å²) in [5.74, 6) is 0.328. The number of carbonyl (C=O) groups is 1. The van der Waals surface area contributed by atoms with Crippen molar-refractivity contribution in [3.05, 3.63) is 77.0 Å². The monoisotopic (exact) mass is 370 g/mol. The van der Waals surface area contributed by atoms with Gasteiger partial charge in [0.05, 0.1) is 6.04 Å². The van der Waals surface area contributed by atoms with Crippen LogP contribution in [0.4, 0.5) is 0 Å². The summed E-state index contributed by atoms with van der Waals surface area (Å²) in [5.41, 5.74) is 6.66. The first kappa shape index (κ1) is 17.3. The van der Waals surface area contributed by atoms with Crippen molar-refractivity contribution in [1.82, 2.24) is 9.47 Å². The zero-order valence-corrected chi connectivity index (χ0v) is 16.4. The Morgan fingerprint density at radius 3 is 2.71 bits per heavy atom. The molecule has 3 nitrogen and oxygen atoms in total. The molecule has 5 rings (SSSR count). The Balaban J connectivity index is 1.62. The normalized spacial score (nSPS) is 19.2. The van der Waals surface area contributed by atoms with Gasteiger partial charge >= 0.3 is 0 Å². The standard InChI is InChI=1S/C25H26N2O/c1-2-6-18-11-13-19(14-12-18)17-27-22-8-4-3-7-20(22)21-15-16-26-23(25(21)27)9-5-10-24(26)28/h2-4,6-8,11-14,23H,5,9-10,15-17H2,1H3/b6-2+. The number of hydrogen-bond donors (Lipinski definition) is 0. The fourth-order valence-electron chi connectivity index (χ4n) is 5.04. The first-order valence-corrected chi connectivity index (χ1v) is 10.4. The van der Waals surface area contributed by atoms with E-state index in [2.05, 4.69) is 70.1 Å². The van der Waals surface area contributed by atoms with E-state index in [4.69, 9.17) is 0 Å². The second-order valence-electron chi connectivity index (χ2n) is 7.95. The van der Waals surface area contributed by atoms with E-state index in [9.17, 15) is 4.79 Å². The molecule has 142 valence electrons. The van der Waals surface area contributed by atoms with Gasteiger partial charge in [-0.05, 0) is 48.9 Å². The maximum absolute atomic E-state index is 12.5. The van der Waals surface area contributed by atoms with Crippen molar-refractivity contribution < 1.29 is 4.79 Å². The van der Waals surface area contributed by atoms with Crippen molar-refractivity contribution in [1.29, 1.82) is 0 Å². The van der Waals surface area contributed by atoms with Crippen LogP contribution in [-0.2, 0) is 17.8 Å². The van der Waals surface area contributed by atoms with Crippen LogP contribution >= 0.6 is 0 Å². The quantitative estimate of drug-likeness (QED) is 0.611. The van der Waals surface area contributed by atoms with Gasteiger partial charge in [-0.15, -0.1) is 0 Å². The molecule has 1 unspecified atom stereocenters. The summed E-state index contributed by atoms with van der Waals surface area (Å²) in [4.78, 5) is 14.7. The molecule has 3 heterocycles. The first-order valence-electron chi connectivity index (χ1n) is 10.4. The fraction of sp³-hybridized carbons (Fsp3) is 0.320. The van der Waals surface area contributed by atoms with Gasteiger partial charge in [0, 0.05) is 36.1 Å². The molecule has 0 aliphatic carbocycles. The molecule has 28 heavy (non-hydrogen) atoms. The zero-order valence-electron chi connectivity index (χ0n) is 16.4. The van der Waals surface area contributed by atoms with Gasteiger partial charge in [-0.2, -0.15) is 0 Å². The van der Waals surface area contributed by atoms with Gasteiger partial charge in [0.2, 0.25) is 5.91 Å². The lowest BCUT2D eigenvalue weighted by Gasteiger charge is -2.40. The number of hydrogen-bond acceptors (Lipinski definition) is 1. The van der Waals surface area contributed by atoms with Crippen LogP contribution in [0.25, 0.3) is 17.0 Å². The molecule has 1 amide bonds. The molecule has 0 saturated carbocycles. The topological polar surface area (TPSA) is 25.2 Å². The van der Waals surface area contributed by atoms with Gasteiger partial charge in [-0.3, -0.25) is 4.79 Å². The summed E-state index contributed by atoms with van der Waals surface area (Å²) in [5, 5.41) is 1.36. The van der Waals surface area contributed by atoms with Gasteiger partial charge in [0.1, 0.15) is 0 Å². The highest BCUT2D eigenvalue weighted by atomic mass is 16.2. The summed E-state index contributed by atoms with van der Waals surface area (Å²) in [6.07, 6.45) is 7.94. The fourth-order valence-corrected chi connectivity index (χ4v) is 5.04. The van der Waals surface area contributed by atoms with E-state index in [1.165, 1.54) is 33.3 Å². The van der Waals surface area contributed by atoms with E-state index in [0.29, 0.717) is 12.3 Å². The molecular formula is C25H26N2O. The molecular weight excluding hydrogens is 344 g/mol. The van der Waals surface area contributed by atoms with Crippen LogP contribution in [0.2, 0.25) is 0 Å². The second-order valence-corrected chi connectivity index (χ2v) is 7.95. The van der Waals surface area contributed by atoms with E-state index >= 15 is 0 Å². The largest absolute Gasteiger partial charge is 0.338 e. The van der Waals surface area contributed by atoms with Gasteiger partial charge in [-0.1, -0.05) is 54.6 Å². The molecule has 1 atom stereocenters. The van der Waals surface area contributed by atoms with Crippen molar-refractivity contribution in [2.45, 2.75) is 45.2 Å². The summed E-state index contributed by atoms with van der Waals surface area (Å²) in [7, 11) is 0. The highest BCUT2D eigenvalue weighted by Gasteiger charge is 2.37. The minimum atomic E-state index is 0.236. The number of piperidine rings is 1. The number of aromatic nitrogens is 1. The Morgan fingerprint density at radius 2 is 1.89 bits per heavy atom. The smallest absolute Gasteiger partial charge is 0.223 e. The average Bonchev–Trinajstić information content (AvgIpc) is 3.04. The predicted octanol–water partition coefficient (Wildman–Crippen LogP) is 5.33. The number of nitrogens with zero attached hydrogens (tertiary/aromatic N) is 2. The lowest BCUT2D eigenvalue weighted by Crippen LogP contribution is -2.43. The van der Waals surface area contributed by atoms with Gasteiger partial charge in [-0.25, -0.2) is 0 Å². The summed E-state index contributed by atoms with van der Waals surface area (Å²) >= 11 is 0. The summed E-state index contributed by atoms with van der Waals surface area (Å²) in [6, 6.07) is 17.8. The van der Waals surface area contributed by atoms with Crippen LogP contribution in [0.1, 0.15) is 54.6 Å². The van der Waals surface area contributed by atoms with E-state index in [1.807, 2.05) is 6.92 Å². The number of fused-ring (bicyclic) bond motifs is 5. The highest BCUT2D eigenvalue weighted by Crippen LogP contribution is 2.42. The Bertz CT molecular complexity index is 1060. The van der Waals surface area contributed by atoms with E-state index in [-0.39, 0.29) is 6.04 Å². The third-order valence-electron chi connectivity index (χ3n) is 6.28. The Labute approximate surface area is 166 Å². The van der Waals surface area contributed by atoms with Crippen molar-refractivity contribution >= 4 is 22.9 Å². The summed E-state index contributed by atoms with van der Waals surface area (Å²) < 4.78 is 2.48. The van der Waals surface area contributed by atoms with Crippen molar-refractivity contribution in [3.8, 4) is 0 Å². The highest BCUT2D eigenvalue weighted by molar-refractivity contribution is 5.87. The third kappa shape index (κ3) is 2.77. The van der Waals surface area contributed by atoms with Crippen LogP contribution in [0.3, 0.4) is 0 Å². The lowest BCUT2D eigenvalue weighted by molar-refractivity contribution is -0.137. The minimum Gasteiger partial charge on any atom is -0.338 e. The molecule has 1 fully saturated rings. The molecule has 3 heteroatoms. The molecule has 2 aromatic carbocycles. The van der Waals surface area contributed by atoms with Crippen LogP contribution < -0.4 is 0 Å². The molecule has 3 aromatic rings. The number of amides is 1. The van der Waals surface area contributed by atoms with Gasteiger partial charge < -0.3 is 9.47 Å². The number of carbonyl (C=O) groups excluding carboxylic acids is 1. The van der Waals surface area contributed by atoms with E-state index in [0.717, 1.165) is 32.4 Å². The Hall–Kier alpha value is -2.81. The molecule has 0 spiro atoms. The molecule has 0 radical (unpaired) electrons. The summed E-state index contributed by atoms with van der Waals surface area (Å²) in [6.45, 7) is 3.76. The molecule has 0 N–H and O–H groups in total. The van der Waals surface area contributed by atoms with Crippen LogP contribution in [-0.4, -0.2) is 21.9 Å². The van der Waals surface area contributed by atoms with Crippen molar-refractivity contribution in [3.63, 3.8) is 0 Å². The molecule has 0 bridgehead atoms. The van der Waals surface area contributed by atoms with Crippen LogP contribution in [0.5, 0.6) is 0 Å². The third-order valence-corrected chi connectivity index (χ3v) is 6.28. The number of benzene rings is 2. The number of rotatable bonds is 3. The average molecular weight is 370 g/mol. The van der Waals surface area contributed by atoms with Gasteiger partial charge in [0.25, 0.3) is 0 Å². The Morgan fingerprint density at radius 1 is 1.07 bits per heavy atom. The predicted molar refractivity (Wildman–Crippen MR) is 114 cm³/mol. The van der Waals surface area contributed by atoms with Crippen LogP contribution in [0, 0.1) is 0 Å². The van der Waals surface area contributed by atoms with E-state index in [1.54, 1.807) is 0 Å². The molecule has 1 saturated heterocycles. The molecule has 2 aliphatic rings. The van der Waals surface area contributed by atoms with E-state index < -0.39 is 0 Å². The van der Waals surface area contributed by atoms with Gasteiger partial charge in [0.15, 0.2) is 0 Å². The minimum absolute atomic E-state index is 0.236.